The minimum atomic E-state index is -1.11. The van der Waals surface area contributed by atoms with Gasteiger partial charge in [-0.3, -0.25) is 9.59 Å². The number of rotatable bonds is 14. The molecular weight excluding hydrogens is 606 g/mol. The molecule has 2 N–H and O–H groups in total. The van der Waals surface area contributed by atoms with Gasteiger partial charge in [0.25, 0.3) is 0 Å². The molecule has 0 saturated carbocycles. The van der Waals surface area contributed by atoms with Crippen LogP contribution in [0.3, 0.4) is 0 Å². The topological polar surface area (TPSA) is 114 Å². The second-order valence-corrected chi connectivity index (χ2v) is 15.5. The van der Waals surface area contributed by atoms with Crippen molar-refractivity contribution < 1.29 is 28.7 Å². The first-order chi connectivity index (χ1) is 22.2. The Bertz CT molecular complexity index is 1340. The summed E-state index contributed by atoms with van der Waals surface area (Å²) < 4.78 is 11.3. The first-order valence-electron chi connectivity index (χ1n) is 17.1. The number of carbonyl (C=O) groups excluding carboxylic acids is 4. The fourth-order valence-electron chi connectivity index (χ4n) is 5.27. The highest BCUT2D eigenvalue weighted by atomic mass is 16.6. The van der Waals surface area contributed by atoms with Gasteiger partial charge >= 0.3 is 12.1 Å². The summed E-state index contributed by atoms with van der Waals surface area (Å²) in [6, 6.07) is 13.4. The number of nitrogens with zero attached hydrogens (tertiary/aromatic N) is 1. The maximum Gasteiger partial charge on any atom is 0.408 e. The SMILES string of the molecule is Cc1ccc(C(C(=O)NC(Cc2ccccc2)C(=O)OC(C)(C)C)N(C(=O)C(NC(=O)OC(C)(C)C)C(C)C)C(C)CCC(C)C)cc1. The van der Waals surface area contributed by atoms with E-state index in [1.165, 1.54) is 0 Å². The van der Waals surface area contributed by atoms with Crippen molar-refractivity contribution in [2.45, 2.75) is 138 Å². The van der Waals surface area contributed by atoms with Crippen molar-refractivity contribution in [3.05, 3.63) is 71.3 Å². The van der Waals surface area contributed by atoms with E-state index < -0.39 is 59.2 Å². The summed E-state index contributed by atoms with van der Waals surface area (Å²) in [7, 11) is 0. The summed E-state index contributed by atoms with van der Waals surface area (Å²) in [5, 5.41) is 5.76. The van der Waals surface area contributed by atoms with Crippen LogP contribution in [0.4, 0.5) is 4.79 Å². The summed E-state index contributed by atoms with van der Waals surface area (Å²) in [6.07, 6.45) is 0.922. The van der Waals surface area contributed by atoms with Gasteiger partial charge in [-0.2, -0.15) is 0 Å². The molecule has 9 nitrogen and oxygen atoms in total. The van der Waals surface area contributed by atoms with E-state index in [1.54, 1.807) is 46.4 Å². The molecule has 48 heavy (non-hydrogen) atoms. The second-order valence-electron chi connectivity index (χ2n) is 15.5. The maximum absolute atomic E-state index is 14.7. The Balaban J connectivity index is 2.69. The van der Waals surface area contributed by atoms with E-state index in [0.29, 0.717) is 17.9 Å². The van der Waals surface area contributed by atoms with Crippen molar-refractivity contribution in [1.82, 2.24) is 15.5 Å². The second kappa shape index (κ2) is 17.5. The molecule has 0 radical (unpaired) electrons. The van der Waals surface area contributed by atoms with Gasteiger partial charge in [0.15, 0.2) is 0 Å². The Labute approximate surface area is 288 Å². The summed E-state index contributed by atoms with van der Waals surface area (Å²) in [5.74, 6) is -1.46. The highest BCUT2D eigenvalue weighted by Gasteiger charge is 2.41. The Morgan fingerprint density at radius 2 is 1.31 bits per heavy atom. The van der Waals surface area contributed by atoms with E-state index in [9.17, 15) is 19.2 Å². The monoisotopic (exact) mass is 665 g/mol. The molecule has 0 aliphatic rings. The van der Waals surface area contributed by atoms with Gasteiger partial charge in [-0.1, -0.05) is 87.9 Å². The van der Waals surface area contributed by atoms with Gasteiger partial charge in [-0.15, -0.1) is 0 Å². The molecule has 4 unspecified atom stereocenters. The number of hydrogen-bond donors (Lipinski definition) is 2. The number of benzene rings is 2. The average molecular weight is 666 g/mol. The quantitative estimate of drug-likeness (QED) is 0.205. The lowest BCUT2D eigenvalue weighted by atomic mass is 9.94. The van der Waals surface area contributed by atoms with Crippen molar-refractivity contribution in [3.63, 3.8) is 0 Å². The molecule has 0 saturated heterocycles. The van der Waals surface area contributed by atoms with Crippen LogP contribution < -0.4 is 10.6 Å². The molecule has 4 atom stereocenters. The number of alkyl carbamates (subject to hydrolysis) is 1. The fraction of sp³-hybridized carbons (Fsp3) is 0.590. The highest BCUT2D eigenvalue weighted by Crippen LogP contribution is 2.29. The van der Waals surface area contributed by atoms with Gasteiger partial charge in [0, 0.05) is 12.5 Å². The number of amides is 3. The number of nitrogens with one attached hydrogen (secondary N) is 2. The van der Waals surface area contributed by atoms with E-state index >= 15 is 0 Å². The Kier molecular flexibility index (Phi) is 14.7. The Hall–Kier alpha value is -3.88. The molecule has 2 aromatic carbocycles. The van der Waals surface area contributed by atoms with Crippen LogP contribution in [-0.4, -0.2) is 58.1 Å². The molecule has 0 heterocycles. The van der Waals surface area contributed by atoms with Crippen LogP contribution >= 0.6 is 0 Å². The summed E-state index contributed by atoms with van der Waals surface area (Å²) in [6.45, 7) is 22.4. The normalized spacial score (nSPS) is 14.5. The van der Waals surface area contributed by atoms with Gasteiger partial charge < -0.3 is 25.0 Å². The minimum Gasteiger partial charge on any atom is -0.458 e. The predicted octanol–water partition coefficient (Wildman–Crippen LogP) is 7.31. The predicted molar refractivity (Wildman–Crippen MR) is 190 cm³/mol. The van der Waals surface area contributed by atoms with E-state index in [1.807, 2.05) is 82.3 Å². The number of ether oxygens (including phenoxy) is 2. The number of esters is 1. The average Bonchev–Trinajstić information content (AvgIpc) is 2.96. The third-order valence-electron chi connectivity index (χ3n) is 7.71. The van der Waals surface area contributed by atoms with Gasteiger partial charge in [-0.05, 0) is 91.2 Å². The molecular formula is C39H59N3O6. The first kappa shape index (κ1) is 40.3. The van der Waals surface area contributed by atoms with Crippen LogP contribution in [-0.2, 0) is 30.3 Å². The molecule has 0 bridgehead atoms. The van der Waals surface area contributed by atoms with Gasteiger partial charge in [0.1, 0.15) is 29.3 Å². The van der Waals surface area contributed by atoms with Crippen LogP contribution in [0.25, 0.3) is 0 Å². The van der Waals surface area contributed by atoms with E-state index in [-0.39, 0.29) is 12.3 Å². The largest absolute Gasteiger partial charge is 0.458 e. The molecule has 0 aliphatic heterocycles. The zero-order chi connectivity index (χ0) is 36.4. The lowest BCUT2D eigenvalue weighted by Gasteiger charge is -2.40. The molecule has 0 aliphatic carbocycles. The number of hydrogen-bond acceptors (Lipinski definition) is 6. The molecule has 0 fully saturated rings. The fourth-order valence-corrected chi connectivity index (χ4v) is 5.27. The van der Waals surface area contributed by atoms with E-state index in [2.05, 4.69) is 24.5 Å². The molecule has 266 valence electrons. The number of carbonyl (C=O) groups is 4. The minimum absolute atomic E-state index is 0.202. The van der Waals surface area contributed by atoms with Crippen molar-refractivity contribution in [3.8, 4) is 0 Å². The first-order valence-corrected chi connectivity index (χ1v) is 17.1. The molecule has 2 aromatic rings. The van der Waals surface area contributed by atoms with Crippen LogP contribution in [0.1, 0.15) is 112 Å². The summed E-state index contributed by atoms with van der Waals surface area (Å²) >= 11 is 0. The molecule has 0 spiro atoms. The van der Waals surface area contributed by atoms with Gasteiger partial charge in [-0.25, -0.2) is 9.59 Å². The third kappa shape index (κ3) is 13.3. The Morgan fingerprint density at radius 3 is 1.81 bits per heavy atom. The van der Waals surface area contributed by atoms with Crippen LogP contribution in [0, 0.1) is 18.8 Å². The maximum atomic E-state index is 14.7. The molecule has 9 heteroatoms. The van der Waals surface area contributed by atoms with Crippen molar-refractivity contribution in [2.75, 3.05) is 0 Å². The summed E-state index contributed by atoms with van der Waals surface area (Å²) in [4.78, 5) is 57.5. The van der Waals surface area contributed by atoms with E-state index in [0.717, 1.165) is 17.5 Å². The van der Waals surface area contributed by atoms with Gasteiger partial charge in [0.05, 0.1) is 0 Å². The smallest absolute Gasteiger partial charge is 0.408 e. The third-order valence-corrected chi connectivity index (χ3v) is 7.71. The van der Waals surface area contributed by atoms with Crippen LogP contribution in [0.5, 0.6) is 0 Å². The van der Waals surface area contributed by atoms with E-state index in [4.69, 9.17) is 9.47 Å². The zero-order valence-electron chi connectivity index (χ0n) is 31.2. The number of aryl methyl sites for hydroxylation is 1. The van der Waals surface area contributed by atoms with Crippen LogP contribution in [0.15, 0.2) is 54.6 Å². The lowest BCUT2D eigenvalue weighted by Crippen LogP contribution is -2.58. The summed E-state index contributed by atoms with van der Waals surface area (Å²) in [5.41, 5.74) is 0.883. The Morgan fingerprint density at radius 1 is 0.750 bits per heavy atom. The highest BCUT2D eigenvalue weighted by molar-refractivity contribution is 5.94. The molecule has 2 rings (SSSR count). The lowest BCUT2D eigenvalue weighted by molar-refractivity contribution is -0.159. The zero-order valence-corrected chi connectivity index (χ0v) is 31.2. The molecule has 0 aromatic heterocycles. The van der Waals surface area contributed by atoms with Crippen molar-refractivity contribution in [1.29, 1.82) is 0 Å². The van der Waals surface area contributed by atoms with Crippen molar-refractivity contribution >= 4 is 23.9 Å². The molecule has 3 amide bonds. The standard InChI is InChI=1S/C39H59N3O6/c1-25(2)18-21-28(6)42(35(44)32(26(3)4)41-37(46)48-39(10,11)12)33(30-22-19-27(5)20-23-30)34(43)40-31(36(45)47-38(7,8)9)24-29-16-14-13-15-17-29/h13-17,19-20,22-23,25-26,28,31-33H,18,21,24H2,1-12H3,(H,40,43)(H,41,46). The van der Waals surface area contributed by atoms with Crippen molar-refractivity contribution in [2.24, 2.45) is 11.8 Å². The van der Waals surface area contributed by atoms with Crippen LogP contribution in [0.2, 0.25) is 0 Å². The van der Waals surface area contributed by atoms with Gasteiger partial charge in [0.2, 0.25) is 11.8 Å².